The van der Waals surface area contributed by atoms with E-state index in [0.29, 0.717) is 34.8 Å². The lowest BCUT2D eigenvalue weighted by molar-refractivity contribution is 0.0734. The molecule has 0 radical (unpaired) electrons. The van der Waals surface area contributed by atoms with E-state index in [1.165, 1.54) is 6.21 Å². The number of hydrazone groups is 1. The molecule has 1 N–H and O–H groups in total. The molecule has 4 aromatic rings. The molecule has 170 valence electrons. The summed E-state index contributed by atoms with van der Waals surface area (Å²) in [6.45, 7) is 4.36. The van der Waals surface area contributed by atoms with Gasteiger partial charge < -0.3 is 9.47 Å². The number of amides is 1. The Morgan fingerprint density at radius 3 is 2.47 bits per heavy atom. The molecule has 0 fully saturated rings. The zero-order valence-electron chi connectivity index (χ0n) is 18.9. The van der Waals surface area contributed by atoms with Gasteiger partial charge in [0.05, 0.1) is 18.4 Å². The average molecular weight is 453 g/mol. The van der Waals surface area contributed by atoms with Gasteiger partial charge in [-0.2, -0.15) is 5.10 Å². The number of benzene rings is 4. The number of nitrogens with one attached hydrogen (secondary N) is 1. The van der Waals surface area contributed by atoms with Gasteiger partial charge in [-0.25, -0.2) is 10.2 Å². The van der Waals surface area contributed by atoms with E-state index in [1.807, 2.05) is 56.3 Å². The molecular formula is C28H24N2O4. The van der Waals surface area contributed by atoms with Crippen LogP contribution in [0.5, 0.6) is 11.5 Å². The topological polar surface area (TPSA) is 77.0 Å². The summed E-state index contributed by atoms with van der Waals surface area (Å²) in [5.74, 6) is 0.193. The third kappa shape index (κ3) is 5.30. The van der Waals surface area contributed by atoms with Crippen molar-refractivity contribution in [2.45, 2.75) is 13.8 Å². The Labute approximate surface area is 197 Å². The van der Waals surface area contributed by atoms with Crippen molar-refractivity contribution >= 4 is 28.9 Å². The van der Waals surface area contributed by atoms with Crippen LogP contribution in [0.4, 0.5) is 0 Å². The molecule has 0 bridgehead atoms. The first kappa shape index (κ1) is 22.7. The van der Waals surface area contributed by atoms with Crippen LogP contribution in [0, 0.1) is 6.92 Å². The van der Waals surface area contributed by atoms with Crippen LogP contribution in [0.2, 0.25) is 0 Å². The first-order chi connectivity index (χ1) is 16.5. The molecule has 4 rings (SSSR count). The molecule has 34 heavy (non-hydrogen) atoms. The molecule has 1 amide bonds. The van der Waals surface area contributed by atoms with Gasteiger partial charge in [0.2, 0.25) is 0 Å². The minimum Gasteiger partial charge on any atom is -0.494 e. The molecule has 6 nitrogen and oxygen atoms in total. The lowest BCUT2D eigenvalue weighted by Gasteiger charge is -2.11. The highest BCUT2D eigenvalue weighted by Crippen LogP contribution is 2.27. The van der Waals surface area contributed by atoms with Crippen LogP contribution in [0.3, 0.4) is 0 Å². The average Bonchev–Trinajstić information content (AvgIpc) is 2.85. The molecule has 4 aromatic carbocycles. The Bertz CT molecular complexity index is 1360. The monoisotopic (exact) mass is 452 g/mol. The van der Waals surface area contributed by atoms with E-state index in [-0.39, 0.29) is 5.91 Å². The predicted octanol–water partition coefficient (Wildman–Crippen LogP) is 5.53. The molecule has 0 atom stereocenters. The normalized spacial score (nSPS) is 10.9. The standard InChI is InChI=1S/C28H24N2O4/c1-3-33-23-14-11-21(12-15-23)28(32)34-26-16-13-20-8-4-5-10-24(20)25(26)18-29-30-27(31)22-9-6-7-19(2)17-22/h4-18H,3H2,1-2H3,(H,30,31)/b29-18-. The fourth-order valence-corrected chi connectivity index (χ4v) is 3.52. The highest BCUT2D eigenvalue weighted by atomic mass is 16.5. The Hall–Kier alpha value is -4.45. The minimum absolute atomic E-state index is 0.326. The molecule has 0 saturated heterocycles. The summed E-state index contributed by atoms with van der Waals surface area (Å²) in [5, 5.41) is 5.93. The highest BCUT2D eigenvalue weighted by Gasteiger charge is 2.14. The number of rotatable bonds is 7. The molecule has 0 aliphatic rings. The van der Waals surface area contributed by atoms with Gasteiger partial charge in [-0.3, -0.25) is 4.79 Å². The smallest absolute Gasteiger partial charge is 0.343 e. The van der Waals surface area contributed by atoms with Crippen LogP contribution < -0.4 is 14.9 Å². The summed E-state index contributed by atoms with van der Waals surface area (Å²) < 4.78 is 11.1. The molecule has 6 heteroatoms. The highest BCUT2D eigenvalue weighted by molar-refractivity contribution is 6.04. The minimum atomic E-state index is -0.503. The lowest BCUT2D eigenvalue weighted by Crippen LogP contribution is -2.18. The van der Waals surface area contributed by atoms with Crippen LogP contribution in [-0.2, 0) is 0 Å². The van der Waals surface area contributed by atoms with Crippen molar-refractivity contribution in [3.8, 4) is 11.5 Å². The van der Waals surface area contributed by atoms with Crippen LogP contribution in [0.1, 0.15) is 38.8 Å². The zero-order chi connectivity index (χ0) is 23.9. The SMILES string of the molecule is CCOc1ccc(C(=O)Oc2ccc3ccccc3c2/C=N\NC(=O)c2cccc(C)c2)cc1. The molecule has 0 heterocycles. The number of carbonyl (C=O) groups excluding carboxylic acids is 2. The van der Waals surface area contributed by atoms with Crippen molar-refractivity contribution in [3.05, 3.63) is 107 Å². The predicted molar refractivity (Wildman–Crippen MR) is 133 cm³/mol. The van der Waals surface area contributed by atoms with Crippen molar-refractivity contribution in [2.75, 3.05) is 6.61 Å². The number of hydrogen-bond donors (Lipinski definition) is 1. The van der Waals surface area contributed by atoms with Gasteiger partial charge in [0.15, 0.2) is 0 Å². The van der Waals surface area contributed by atoms with E-state index in [2.05, 4.69) is 10.5 Å². The van der Waals surface area contributed by atoms with Crippen molar-refractivity contribution in [2.24, 2.45) is 5.10 Å². The van der Waals surface area contributed by atoms with Gasteiger partial charge in [0, 0.05) is 11.1 Å². The second-order valence-corrected chi connectivity index (χ2v) is 7.61. The van der Waals surface area contributed by atoms with Gasteiger partial charge in [-0.05, 0) is 67.1 Å². The third-order valence-electron chi connectivity index (χ3n) is 5.17. The quantitative estimate of drug-likeness (QED) is 0.173. The number of esters is 1. The molecular weight excluding hydrogens is 428 g/mol. The molecule has 0 saturated carbocycles. The van der Waals surface area contributed by atoms with E-state index < -0.39 is 5.97 Å². The van der Waals surface area contributed by atoms with Gasteiger partial charge >= 0.3 is 5.97 Å². The van der Waals surface area contributed by atoms with Crippen molar-refractivity contribution in [1.29, 1.82) is 0 Å². The number of ether oxygens (including phenoxy) is 2. The first-order valence-corrected chi connectivity index (χ1v) is 10.9. The van der Waals surface area contributed by atoms with Crippen LogP contribution in [0.15, 0.2) is 90.0 Å². The van der Waals surface area contributed by atoms with Crippen molar-refractivity contribution in [3.63, 3.8) is 0 Å². The van der Waals surface area contributed by atoms with E-state index in [9.17, 15) is 9.59 Å². The van der Waals surface area contributed by atoms with Gasteiger partial charge in [0.25, 0.3) is 5.91 Å². The number of fused-ring (bicyclic) bond motifs is 1. The van der Waals surface area contributed by atoms with Crippen LogP contribution >= 0.6 is 0 Å². The summed E-state index contributed by atoms with van der Waals surface area (Å²) >= 11 is 0. The number of hydrogen-bond acceptors (Lipinski definition) is 5. The summed E-state index contributed by atoms with van der Waals surface area (Å²) in [5.41, 5.74) is 5.02. The maximum absolute atomic E-state index is 12.8. The maximum Gasteiger partial charge on any atom is 0.343 e. The molecule has 0 spiro atoms. The molecule has 0 unspecified atom stereocenters. The second kappa shape index (κ2) is 10.4. The Morgan fingerprint density at radius 2 is 1.71 bits per heavy atom. The number of carbonyl (C=O) groups is 2. The maximum atomic E-state index is 12.8. The van der Waals surface area contributed by atoms with Crippen molar-refractivity contribution in [1.82, 2.24) is 5.43 Å². The first-order valence-electron chi connectivity index (χ1n) is 10.9. The second-order valence-electron chi connectivity index (χ2n) is 7.61. The van der Waals surface area contributed by atoms with E-state index >= 15 is 0 Å². The lowest BCUT2D eigenvalue weighted by atomic mass is 10.0. The van der Waals surface area contributed by atoms with E-state index in [0.717, 1.165) is 16.3 Å². The van der Waals surface area contributed by atoms with Gasteiger partial charge in [-0.15, -0.1) is 0 Å². The molecule has 0 aliphatic carbocycles. The van der Waals surface area contributed by atoms with Crippen molar-refractivity contribution < 1.29 is 19.1 Å². The van der Waals surface area contributed by atoms with Gasteiger partial charge in [-0.1, -0.05) is 48.0 Å². The third-order valence-corrected chi connectivity index (χ3v) is 5.17. The zero-order valence-corrected chi connectivity index (χ0v) is 18.9. The fraction of sp³-hybridized carbons (Fsp3) is 0.107. The van der Waals surface area contributed by atoms with Gasteiger partial charge in [0.1, 0.15) is 11.5 Å². The van der Waals surface area contributed by atoms with E-state index in [4.69, 9.17) is 9.47 Å². The fourth-order valence-electron chi connectivity index (χ4n) is 3.52. The molecule has 0 aromatic heterocycles. The molecule has 0 aliphatic heterocycles. The number of aryl methyl sites for hydroxylation is 1. The van der Waals surface area contributed by atoms with Crippen LogP contribution in [0.25, 0.3) is 10.8 Å². The Morgan fingerprint density at radius 1 is 0.912 bits per heavy atom. The summed E-state index contributed by atoms with van der Waals surface area (Å²) in [6, 6.07) is 25.3. The Balaban J connectivity index is 1.59. The summed E-state index contributed by atoms with van der Waals surface area (Å²) in [4.78, 5) is 25.2. The Kier molecular flexibility index (Phi) is 6.98. The summed E-state index contributed by atoms with van der Waals surface area (Å²) in [7, 11) is 0. The van der Waals surface area contributed by atoms with E-state index in [1.54, 1.807) is 42.5 Å². The largest absolute Gasteiger partial charge is 0.494 e. The number of nitrogens with zero attached hydrogens (tertiary/aromatic N) is 1. The van der Waals surface area contributed by atoms with Crippen LogP contribution in [-0.4, -0.2) is 24.7 Å². The summed E-state index contributed by atoms with van der Waals surface area (Å²) in [6.07, 6.45) is 1.50.